The third-order valence-corrected chi connectivity index (χ3v) is 7.82. The van der Waals surface area contributed by atoms with Crippen molar-refractivity contribution < 1.29 is 14.2 Å². The first-order valence-electron chi connectivity index (χ1n) is 15.2. The highest BCUT2D eigenvalue weighted by atomic mass is 35.5. The minimum atomic E-state index is 0.495. The van der Waals surface area contributed by atoms with E-state index in [1.54, 1.807) is 6.20 Å². The smallest absolute Gasteiger partial charge is 0.0930 e. The van der Waals surface area contributed by atoms with Gasteiger partial charge in [-0.1, -0.05) is 43.3 Å². The SMILES string of the molecule is C=CNCCc1[nH]c2c(Cl)c(Cl)cc(-c3ccn(CC(=C)NCCOCCOCCOCCCCCNC)n3)c2c1CC. The fraction of sp³-hybridized carbons (Fsp3) is 0.531. The van der Waals surface area contributed by atoms with Gasteiger partial charge in [-0.25, -0.2) is 0 Å². The molecule has 0 aliphatic carbocycles. The number of aromatic nitrogens is 3. The highest BCUT2D eigenvalue weighted by Crippen LogP contribution is 2.40. The number of unbranched alkanes of at least 4 members (excludes halogenated alkanes) is 2. The normalized spacial score (nSPS) is 11.3. The Morgan fingerprint density at radius 3 is 2.49 bits per heavy atom. The molecule has 3 aromatic rings. The fourth-order valence-electron chi connectivity index (χ4n) is 4.91. The van der Waals surface area contributed by atoms with Crippen molar-refractivity contribution in [2.24, 2.45) is 0 Å². The summed E-state index contributed by atoms with van der Waals surface area (Å²) in [5.74, 6) is 0. The largest absolute Gasteiger partial charge is 0.391 e. The standard InChI is InChI=1S/C32H48Cl2N6O3/c1-5-25-28(10-13-36-6-2)38-32-30(25)26(22-27(33)31(32)34)29-11-15-40(39-29)23-24(3)37-14-17-42-19-21-43-20-18-41-16-9-7-8-12-35-4/h6,11,15,22,35-38H,2-3,5,7-10,12-14,16-21,23H2,1,4H3. The number of halogens is 2. The first-order chi connectivity index (χ1) is 21.0. The molecule has 0 unspecified atom stereocenters. The maximum Gasteiger partial charge on any atom is 0.0930 e. The number of ether oxygens (including phenoxy) is 3. The second kappa shape index (κ2) is 19.7. The fourth-order valence-corrected chi connectivity index (χ4v) is 5.31. The molecule has 0 fully saturated rings. The quantitative estimate of drug-likeness (QED) is 0.0936. The molecule has 0 atom stereocenters. The van der Waals surface area contributed by atoms with E-state index in [2.05, 4.69) is 41.0 Å². The number of benzene rings is 1. The predicted molar refractivity (Wildman–Crippen MR) is 178 cm³/mol. The molecule has 0 saturated heterocycles. The molecule has 43 heavy (non-hydrogen) atoms. The Balaban J connectivity index is 1.40. The van der Waals surface area contributed by atoms with Gasteiger partial charge in [0.1, 0.15) is 0 Å². The van der Waals surface area contributed by atoms with Crippen LogP contribution in [0.4, 0.5) is 0 Å². The lowest BCUT2D eigenvalue weighted by Crippen LogP contribution is -2.22. The van der Waals surface area contributed by atoms with Gasteiger partial charge in [-0.15, -0.1) is 0 Å². The number of hydrogen-bond acceptors (Lipinski definition) is 7. The van der Waals surface area contributed by atoms with Gasteiger partial charge in [0.05, 0.1) is 60.8 Å². The summed E-state index contributed by atoms with van der Waals surface area (Å²) >= 11 is 13.2. The molecule has 0 saturated carbocycles. The van der Waals surface area contributed by atoms with Gasteiger partial charge in [0.25, 0.3) is 0 Å². The molecule has 2 aromatic heterocycles. The number of rotatable bonds is 24. The molecule has 0 radical (unpaired) electrons. The molecule has 3 rings (SSSR count). The molecule has 9 nitrogen and oxygen atoms in total. The van der Waals surface area contributed by atoms with E-state index in [0.29, 0.717) is 56.2 Å². The van der Waals surface area contributed by atoms with Gasteiger partial charge in [0, 0.05) is 54.7 Å². The Hall–Kier alpha value is -2.53. The first-order valence-corrected chi connectivity index (χ1v) is 15.9. The number of nitrogens with zero attached hydrogens (tertiary/aromatic N) is 2. The maximum atomic E-state index is 6.63. The van der Waals surface area contributed by atoms with Crippen molar-refractivity contribution in [1.82, 2.24) is 30.7 Å². The summed E-state index contributed by atoms with van der Waals surface area (Å²) in [6, 6.07) is 3.91. The second-order valence-electron chi connectivity index (χ2n) is 10.2. The lowest BCUT2D eigenvalue weighted by Gasteiger charge is -2.11. The van der Waals surface area contributed by atoms with Crippen LogP contribution in [0, 0.1) is 0 Å². The molecule has 2 heterocycles. The van der Waals surface area contributed by atoms with Crippen molar-refractivity contribution in [3.8, 4) is 11.3 Å². The number of hydrogen-bond donors (Lipinski definition) is 4. The lowest BCUT2D eigenvalue weighted by molar-refractivity contribution is 0.0147. The van der Waals surface area contributed by atoms with Crippen molar-refractivity contribution in [2.45, 2.75) is 45.6 Å². The summed E-state index contributed by atoms with van der Waals surface area (Å²) in [5, 5.41) is 16.6. The van der Waals surface area contributed by atoms with Gasteiger partial charge in [-0.3, -0.25) is 4.68 Å². The zero-order valence-electron chi connectivity index (χ0n) is 25.7. The van der Waals surface area contributed by atoms with Crippen molar-refractivity contribution in [2.75, 3.05) is 66.3 Å². The van der Waals surface area contributed by atoms with E-state index < -0.39 is 0 Å². The number of aryl methyl sites for hydroxylation is 1. The molecule has 4 N–H and O–H groups in total. The molecule has 0 spiro atoms. The van der Waals surface area contributed by atoms with Gasteiger partial charge in [0.15, 0.2) is 0 Å². The van der Waals surface area contributed by atoms with Crippen LogP contribution in [0.15, 0.2) is 43.4 Å². The molecule has 238 valence electrons. The highest BCUT2D eigenvalue weighted by molar-refractivity contribution is 6.45. The predicted octanol–water partition coefficient (Wildman–Crippen LogP) is 5.72. The first kappa shape index (κ1) is 35.0. The van der Waals surface area contributed by atoms with E-state index in [-0.39, 0.29) is 0 Å². The summed E-state index contributed by atoms with van der Waals surface area (Å²) in [6.07, 6.45) is 8.80. The molecular weight excluding hydrogens is 587 g/mol. The van der Waals surface area contributed by atoms with E-state index in [9.17, 15) is 0 Å². The topological polar surface area (TPSA) is 97.4 Å². The van der Waals surface area contributed by atoms with Gasteiger partial charge in [-0.2, -0.15) is 5.10 Å². The third-order valence-electron chi connectivity index (χ3n) is 7.03. The van der Waals surface area contributed by atoms with Gasteiger partial charge in [-0.05, 0) is 63.2 Å². The van der Waals surface area contributed by atoms with Crippen LogP contribution in [0.5, 0.6) is 0 Å². The highest BCUT2D eigenvalue weighted by Gasteiger charge is 2.20. The van der Waals surface area contributed by atoms with Crippen LogP contribution in [0.3, 0.4) is 0 Å². The number of fused-ring (bicyclic) bond motifs is 1. The van der Waals surface area contributed by atoms with E-state index in [0.717, 1.165) is 72.5 Å². The van der Waals surface area contributed by atoms with Crippen molar-refractivity contribution in [3.63, 3.8) is 0 Å². The van der Waals surface area contributed by atoms with Gasteiger partial charge < -0.3 is 35.1 Å². The Morgan fingerprint density at radius 1 is 1.02 bits per heavy atom. The third kappa shape index (κ3) is 11.2. The molecule has 0 bridgehead atoms. The maximum absolute atomic E-state index is 6.63. The van der Waals surface area contributed by atoms with Gasteiger partial charge in [0.2, 0.25) is 0 Å². The zero-order valence-corrected chi connectivity index (χ0v) is 27.2. The zero-order chi connectivity index (χ0) is 30.9. The molecular formula is C32H48Cl2N6O3. The van der Waals surface area contributed by atoms with Crippen LogP contribution in [-0.2, 0) is 33.6 Å². The summed E-state index contributed by atoms with van der Waals surface area (Å²) in [6.45, 7) is 16.7. The lowest BCUT2D eigenvalue weighted by atomic mass is 10.00. The average molecular weight is 636 g/mol. The van der Waals surface area contributed by atoms with E-state index in [4.69, 9.17) is 42.5 Å². The molecule has 0 aliphatic rings. The summed E-state index contributed by atoms with van der Waals surface area (Å²) < 4.78 is 18.7. The summed E-state index contributed by atoms with van der Waals surface area (Å²) in [5.41, 5.74) is 5.85. The number of aromatic amines is 1. The molecule has 11 heteroatoms. The number of H-pyrrole nitrogens is 1. The minimum Gasteiger partial charge on any atom is -0.391 e. The van der Waals surface area contributed by atoms with Crippen LogP contribution in [0.25, 0.3) is 22.2 Å². The Bertz CT molecular complexity index is 1280. The van der Waals surface area contributed by atoms with Crippen molar-refractivity contribution in [3.05, 3.63) is 64.7 Å². The van der Waals surface area contributed by atoms with E-state index >= 15 is 0 Å². The van der Waals surface area contributed by atoms with Crippen LogP contribution < -0.4 is 16.0 Å². The Labute approximate surface area is 266 Å². The molecule has 0 amide bonds. The van der Waals surface area contributed by atoms with Crippen LogP contribution in [0.1, 0.15) is 37.4 Å². The second-order valence-corrected chi connectivity index (χ2v) is 11.0. The molecule has 1 aromatic carbocycles. The summed E-state index contributed by atoms with van der Waals surface area (Å²) in [4.78, 5) is 3.52. The monoisotopic (exact) mass is 634 g/mol. The molecule has 0 aliphatic heterocycles. The van der Waals surface area contributed by atoms with E-state index in [1.807, 2.05) is 30.1 Å². The number of allylic oxidation sites excluding steroid dienone is 1. The average Bonchev–Trinajstić information content (AvgIpc) is 3.62. The van der Waals surface area contributed by atoms with Crippen LogP contribution in [0.2, 0.25) is 10.0 Å². The van der Waals surface area contributed by atoms with Crippen LogP contribution in [-0.4, -0.2) is 81.1 Å². The van der Waals surface area contributed by atoms with Crippen LogP contribution >= 0.6 is 23.2 Å². The van der Waals surface area contributed by atoms with Gasteiger partial charge >= 0.3 is 0 Å². The van der Waals surface area contributed by atoms with Crippen molar-refractivity contribution in [1.29, 1.82) is 0 Å². The summed E-state index contributed by atoms with van der Waals surface area (Å²) in [7, 11) is 1.98. The van der Waals surface area contributed by atoms with Crippen molar-refractivity contribution >= 4 is 34.1 Å². The Kier molecular flexibility index (Phi) is 16.0. The minimum absolute atomic E-state index is 0.495. The number of nitrogens with one attached hydrogen (secondary N) is 4. The van der Waals surface area contributed by atoms with E-state index in [1.165, 1.54) is 18.4 Å². The Morgan fingerprint density at radius 2 is 1.77 bits per heavy atom.